The Morgan fingerprint density at radius 3 is 2.81 bits per heavy atom. The zero-order valence-corrected chi connectivity index (χ0v) is 11.9. The number of hydrogen-bond donors (Lipinski definition) is 0. The molecule has 0 unspecified atom stereocenters. The van der Waals surface area contributed by atoms with E-state index in [1.807, 2.05) is 43.7 Å². The van der Waals surface area contributed by atoms with Crippen LogP contribution in [0.4, 0.5) is 0 Å². The van der Waals surface area contributed by atoms with E-state index < -0.39 is 0 Å². The highest BCUT2D eigenvalue weighted by Gasteiger charge is 2.11. The van der Waals surface area contributed by atoms with Crippen molar-refractivity contribution in [2.75, 3.05) is 6.54 Å². The number of aryl methyl sites for hydroxylation is 1. The van der Waals surface area contributed by atoms with Gasteiger partial charge in [-0.3, -0.25) is 9.98 Å². The monoisotopic (exact) mass is 273 g/mol. The summed E-state index contributed by atoms with van der Waals surface area (Å²) in [4.78, 5) is 8.50. The largest absolute Gasteiger partial charge is 0.293 e. The Balaban J connectivity index is 2.09. The molecule has 0 amide bonds. The minimum atomic E-state index is 0.721. The first-order valence-electron chi connectivity index (χ1n) is 6.92. The van der Waals surface area contributed by atoms with E-state index in [-0.39, 0.29) is 0 Å². The lowest BCUT2D eigenvalue weighted by molar-refractivity contribution is 1.19. The number of rotatable bonds is 2. The molecule has 21 heavy (non-hydrogen) atoms. The average Bonchev–Trinajstić information content (AvgIpc) is 2.55. The summed E-state index contributed by atoms with van der Waals surface area (Å²) >= 11 is 0. The summed E-state index contributed by atoms with van der Waals surface area (Å²) in [6.45, 7) is 2.70. The summed E-state index contributed by atoms with van der Waals surface area (Å²) in [7, 11) is 0. The second-order valence-corrected chi connectivity index (χ2v) is 5.04. The summed E-state index contributed by atoms with van der Waals surface area (Å²) in [5.74, 6) is 0. The van der Waals surface area contributed by atoms with Gasteiger partial charge in [0.1, 0.15) is 0 Å². The Morgan fingerprint density at radius 2 is 2.10 bits per heavy atom. The van der Waals surface area contributed by atoms with Gasteiger partial charge in [0.05, 0.1) is 18.2 Å². The van der Waals surface area contributed by atoms with E-state index in [0.29, 0.717) is 0 Å². The standard InChI is InChI=1S/C18H15N3/c1-13-10-15(2-3-16(13)11-19)17-6-9-21-12-18(17)14-4-7-20-8-5-14/h2-4,6,8-10,12H,5,7H2,1H3. The van der Waals surface area contributed by atoms with Crippen molar-refractivity contribution >= 4 is 11.8 Å². The van der Waals surface area contributed by atoms with Crippen LogP contribution >= 0.6 is 0 Å². The number of dihydropyridines is 1. The smallest absolute Gasteiger partial charge is 0.0994 e. The fourth-order valence-corrected chi connectivity index (χ4v) is 2.56. The molecule has 0 fully saturated rings. The van der Waals surface area contributed by atoms with Crippen LogP contribution in [-0.4, -0.2) is 17.7 Å². The average molecular weight is 273 g/mol. The first kappa shape index (κ1) is 13.3. The van der Waals surface area contributed by atoms with Gasteiger partial charge in [-0.25, -0.2) is 0 Å². The molecular formula is C18H15N3. The van der Waals surface area contributed by atoms with E-state index in [1.54, 1.807) is 0 Å². The van der Waals surface area contributed by atoms with Crippen LogP contribution in [0.25, 0.3) is 16.7 Å². The van der Waals surface area contributed by atoms with E-state index in [1.165, 1.54) is 5.57 Å². The number of pyridine rings is 1. The van der Waals surface area contributed by atoms with E-state index >= 15 is 0 Å². The molecule has 1 aromatic heterocycles. The molecule has 102 valence electrons. The van der Waals surface area contributed by atoms with Crippen LogP contribution in [0.15, 0.2) is 47.7 Å². The Hall–Kier alpha value is -2.73. The minimum Gasteiger partial charge on any atom is -0.293 e. The molecule has 1 aliphatic heterocycles. The zero-order chi connectivity index (χ0) is 14.7. The molecule has 1 aromatic carbocycles. The molecule has 3 rings (SSSR count). The van der Waals surface area contributed by atoms with Crippen molar-refractivity contribution in [2.24, 2.45) is 4.99 Å². The highest BCUT2D eigenvalue weighted by Crippen LogP contribution is 2.31. The van der Waals surface area contributed by atoms with Crippen molar-refractivity contribution in [3.05, 3.63) is 59.4 Å². The Morgan fingerprint density at radius 1 is 1.19 bits per heavy atom. The maximum atomic E-state index is 9.05. The number of aromatic nitrogens is 1. The topological polar surface area (TPSA) is 49.0 Å². The Labute approximate surface area is 124 Å². The van der Waals surface area contributed by atoms with E-state index in [4.69, 9.17) is 5.26 Å². The number of nitrogens with zero attached hydrogens (tertiary/aromatic N) is 3. The van der Waals surface area contributed by atoms with E-state index in [2.05, 4.69) is 28.2 Å². The molecule has 3 heteroatoms. The second kappa shape index (κ2) is 5.72. The van der Waals surface area contributed by atoms with Crippen LogP contribution in [0, 0.1) is 18.3 Å². The van der Waals surface area contributed by atoms with Crippen LogP contribution in [0.2, 0.25) is 0 Å². The molecule has 0 atom stereocenters. The molecule has 0 radical (unpaired) electrons. The molecule has 0 saturated heterocycles. The van der Waals surface area contributed by atoms with Gasteiger partial charge < -0.3 is 0 Å². The van der Waals surface area contributed by atoms with Crippen LogP contribution in [0.3, 0.4) is 0 Å². The van der Waals surface area contributed by atoms with Crippen molar-refractivity contribution in [1.82, 2.24) is 4.98 Å². The summed E-state index contributed by atoms with van der Waals surface area (Å²) in [6.07, 6.45) is 8.67. The maximum absolute atomic E-state index is 9.05. The van der Waals surface area contributed by atoms with E-state index in [0.717, 1.165) is 40.8 Å². The highest BCUT2D eigenvalue weighted by molar-refractivity contribution is 5.88. The normalized spacial score (nSPS) is 13.6. The van der Waals surface area contributed by atoms with Gasteiger partial charge in [-0.05, 0) is 41.3 Å². The van der Waals surface area contributed by atoms with Crippen molar-refractivity contribution in [3.8, 4) is 17.2 Å². The summed E-state index contributed by atoms with van der Waals surface area (Å²) in [5.41, 5.74) is 6.39. The molecule has 3 nitrogen and oxygen atoms in total. The van der Waals surface area contributed by atoms with Crippen LogP contribution in [0.1, 0.15) is 23.1 Å². The van der Waals surface area contributed by atoms with Gasteiger partial charge in [0.25, 0.3) is 0 Å². The fraction of sp³-hybridized carbons (Fsp3) is 0.167. The molecule has 2 aromatic rings. The van der Waals surface area contributed by atoms with Gasteiger partial charge in [0.2, 0.25) is 0 Å². The highest BCUT2D eigenvalue weighted by atomic mass is 14.7. The molecule has 0 N–H and O–H groups in total. The number of benzene rings is 1. The maximum Gasteiger partial charge on any atom is 0.0994 e. The second-order valence-electron chi connectivity index (χ2n) is 5.04. The summed E-state index contributed by atoms with van der Waals surface area (Å²) in [6, 6.07) is 10.2. The molecule has 2 heterocycles. The zero-order valence-electron chi connectivity index (χ0n) is 11.9. The van der Waals surface area contributed by atoms with Crippen molar-refractivity contribution < 1.29 is 0 Å². The quantitative estimate of drug-likeness (QED) is 0.835. The van der Waals surface area contributed by atoms with Crippen molar-refractivity contribution in [2.45, 2.75) is 13.3 Å². The molecule has 0 bridgehead atoms. The Bertz CT molecular complexity index is 779. The number of allylic oxidation sites excluding steroid dienone is 1. The molecule has 0 aliphatic carbocycles. The van der Waals surface area contributed by atoms with Gasteiger partial charge in [0, 0.05) is 30.6 Å². The lowest BCUT2D eigenvalue weighted by Gasteiger charge is -2.14. The molecule has 0 spiro atoms. The fourth-order valence-electron chi connectivity index (χ4n) is 2.56. The lowest BCUT2D eigenvalue weighted by Crippen LogP contribution is -1.97. The first-order valence-corrected chi connectivity index (χ1v) is 6.92. The van der Waals surface area contributed by atoms with Crippen molar-refractivity contribution in [1.29, 1.82) is 5.26 Å². The van der Waals surface area contributed by atoms with Gasteiger partial charge in [-0.15, -0.1) is 0 Å². The lowest BCUT2D eigenvalue weighted by atomic mass is 9.92. The molecular weight excluding hydrogens is 258 g/mol. The van der Waals surface area contributed by atoms with Gasteiger partial charge in [0.15, 0.2) is 0 Å². The molecule has 1 aliphatic rings. The van der Waals surface area contributed by atoms with Crippen LogP contribution in [0.5, 0.6) is 0 Å². The van der Waals surface area contributed by atoms with Gasteiger partial charge in [-0.2, -0.15) is 5.26 Å². The van der Waals surface area contributed by atoms with Crippen LogP contribution in [-0.2, 0) is 0 Å². The summed E-state index contributed by atoms with van der Waals surface area (Å²) in [5, 5.41) is 9.05. The number of aliphatic imine (C=N–C) groups is 1. The predicted octanol–water partition coefficient (Wildman–Crippen LogP) is 3.79. The Kier molecular flexibility index (Phi) is 3.61. The van der Waals surface area contributed by atoms with E-state index in [9.17, 15) is 0 Å². The molecule has 0 saturated carbocycles. The predicted molar refractivity (Wildman–Crippen MR) is 85.1 cm³/mol. The third kappa shape index (κ3) is 2.61. The van der Waals surface area contributed by atoms with Gasteiger partial charge in [-0.1, -0.05) is 18.2 Å². The SMILES string of the molecule is Cc1cc(-c2ccncc2C2=CCN=CC2)ccc1C#N. The minimum absolute atomic E-state index is 0.721. The van der Waals surface area contributed by atoms with Crippen LogP contribution < -0.4 is 0 Å². The van der Waals surface area contributed by atoms with Gasteiger partial charge >= 0.3 is 0 Å². The third-order valence-electron chi connectivity index (χ3n) is 3.71. The number of nitriles is 1. The third-order valence-corrected chi connectivity index (χ3v) is 3.71. The number of hydrogen-bond acceptors (Lipinski definition) is 3. The van der Waals surface area contributed by atoms with Crippen molar-refractivity contribution in [3.63, 3.8) is 0 Å². The summed E-state index contributed by atoms with van der Waals surface area (Å²) < 4.78 is 0. The first-order chi connectivity index (χ1) is 10.3.